The largest absolute Gasteiger partial charge is 0.356 e. The molecule has 4 aromatic carbocycles. The van der Waals surface area contributed by atoms with Crippen LogP contribution in [0.1, 0.15) is 0 Å². The Bertz CT molecular complexity index is 870. The molecule has 2 heteroatoms. The van der Waals surface area contributed by atoms with Crippen LogP contribution in [-0.2, 0) is 0 Å². The summed E-state index contributed by atoms with van der Waals surface area (Å²) in [6.45, 7) is 0. The maximum absolute atomic E-state index is 3.63. The van der Waals surface area contributed by atoms with Crippen LogP contribution in [0.2, 0.25) is 0 Å². The highest BCUT2D eigenvalue weighted by Crippen LogP contribution is 2.25. The van der Waals surface area contributed by atoms with Gasteiger partial charge in [0.2, 0.25) is 0 Å². The van der Waals surface area contributed by atoms with Gasteiger partial charge in [0.1, 0.15) is 9.52 Å². The Morgan fingerprint density at radius 2 is 0.955 bits per heavy atom. The van der Waals surface area contributed by atoms with Crippen molar-refractivity contribution in [3.63, 3.8) is 0 Å². The molecule has 1 nitrogen and oxygen atoms in total. The van der Waals surface area contributed by atoms with E-state index in [1.54, 1.807) is 0 Å². The smallest absolute Gasteiger partial charge is 0.127 e. The molecule has 0 bridgehead atoms. The fourth-order valence-electron chi connectivity index (χ4n) is 3.18. The van der Waals surface area contributed by atoms with Gasteiger partial charge < -0.3 is 5.32 Å². The minimum atomic E-state index is 0.708. The Kier molecular flexibility index (Phi) is 2.43. The van der Waals surface area contributed by atoms with E-state index in [0.717, 1.165) is 0 Å². The van der Waals surface area contributed by atoms with Crippen LogP contribution in [0.15, 0.2) is 72.8 Å². The average molecular weight is 295 g/mol. The first-order valence-corrected chi connectivity index (χ1v) is 8.46. The topological polar surface area (TPSA) is 12.0 Å². The lowest BCUT2D eigenvalue weighted by atomic mass is 10.1. The number of rotatable bonds is 0. The van der Waals surface area contributed by atoms with Gasteiger partial charge in [0, 0.05) is 11.4 Å². The first-order chi connectivity index (χ1) is 10.9. The zero-order valence-corrected chi connectivity index (χ0v) is 12.9. The molecule has 0 aromatic heterocycles. The van der Waals surface area contributed by atoms with E-state index in [2.05, 4.69) is 78.1 Å². The van der Waals surface area contributed by atoms with Crippen molar-refractivity contribution in [2.24, 2.45) is 0 Å². The SMILES string of the molecule is c1ccc2cc3c(cc2c1)Nc1cc2ccccc2cc1[Si]3. The van der Waals surface area contributed by atoms with Crippen LogP contribution in [-0.4, -0.2) is 9.52 Å². The molecule has 0 saturated heterocycles. The maximum atomic E-state index is 3.63. The van der Waals surface area contributed by atoms with Gasteiger partial charge in [0.15, 0.2) is 0 Å². The number of anilines is 2. The third kappa shape index (κ3) is 1.78. The van der Waals surface area contributed by atoms with Crippen LogP contribution >= 0.6 is 0 Å². The van der Waals surface area contributed by atoms with Crippen molar-refractivity contribution in [1.29, 1.82) is 0 Å². The molecular weight excluding hydrogens is 282 g/mol. The quantitative estimate of drug-likeness (QED) is 0.430. The molecule has 22 heavy (non-hydrogen) atoms. The van der Waals surface area contributed by atoms with Crippen molar-refractivity contribution in [2.45, 2.75) is 0 Å². The Morgan fingerprint density at radius 1 is 0.545 bits per heavy atom. The number of hydrogen-bond acceptors (Lipinski definition) is 1. The van der Waals surface area contributed by atoms with Gasteiger partial charge in [-0.05, 0) is 44.1 Å². The molecule has 0 saturated carbocycles. The first kappa shape index (κ1) is 12.0. The summed E-state index contributed by atoms with van der Waals surface area (Å²) in [5, 5.41) is 11.7. The molecule has 1 aliphatic heterocycles. The fourth-order valence-corrected chi connectivity index (χ4v) is 4.47. The summed E-state index contributed by atoms with van der Waals surface area (Å²) in [4.78, 5) is 0. The Balaban J connectivity index is 1.71. The second-order valence-corrected chi connectivity index (χ2v) is 7.07. The minimum Gasteiger partial charge on any atom is -0.356 e. The summed E-state index contributed by atoms with van der Waals surface area (Å²) in [6, 6.07) is 26.3. The number of fused-ring (bicyclic) bond motifs is 4. The molecule has 0 atom stereocenters. The molecule has 0 aliphatic carbocycles. The van der Waals surface area contributed by atoms with E-state index < -0.39 is 0 Å². The number of hydrogen-bond donors (Lipinski definition) is 1. The van der Waals surface area contributed by atoms with Crippen LogP contribution in [0, 0.1) is 0 Å². The fraction of sp³-hybridized carbons (Fsp3) is 0. The minimum absolute atomic E-state index is 0.708. The van der Waals surface area contributed by atoms with Gasteiger partial charge in [-0.25, -0.2) is 0 Å². The molecule has 102 valence electrons. The Labute approximate surface area is 131 Å². The maximum Gasteiger partial charge on any atom is 0.127 e. The monoisotopic (exact) mass is 295 g/mol. The second kappa shape index (κ2) is 4.45. The van der Waals surface area contributed by atoms with E-state index in [4.69, 9.17) is 0 Å². The molecule has 0 amide bonds. The summed E-state index contributed by atoms with van der Waals surface area (Å²) < 4.78 is 0. The molecule has 5 rings (SSSR count). The van der Waals surface area contributed by atoms with E-state index >= 15 is 0 Å². The van der Waals surface area contributed by atoms with E-state index in [1.807, 2.05) is 0 Å². The number of nitrogens with one attached hydrogen (secondary N) is 1. The normalized spacial score (nSPS) is 12.7. The highest BCUT2D eigenvalue weighted by atomic mass is 28.2. The molecule has 0 spiro atoms. The van der Waals surface area contributed by atoms with Gasteiger partial charge in [-0.2, -0.15) is 0 Å². The van der Waals surface area contributed by atoms with E-state index in [9.17, 15) is 0 Å². The first-order valence-electron chi connectivity index (χ1n) is 7.46. The average Bonchev–Trinajstić information content (AvgIpc) is 2.56. The van der Waals surface area contributed by atoms with Crippen molar-refractivity contribution in [1.82, 2.24) is 0 Å². The molecule has 4 aromatic rings. The van der Waals surface area contributed by atoms with Gasteiger partial charge in [0.25, 0.3) is 0 Å². The lowest BCUT2D eigenvalue weighted by Gasteiger charge is -2.22. The van der Waals surface area contributed by atoms with Crippen molar-refractivity contribution in [3.8, 4) is 0 Å². The third-order valence-electron chi connectivity index (χ3n) is 4.31. The van der Waals surface area contributed by atoms with Crippen LogP contribution < -0.4 is 15.7 Å². The van der Waals surface area contributed by atoms with Gasteiger partial charge in [-0.3, -0.25) is 0 Å². The van der Waals surface area contributed by atoms with Crippen LogP contribution in [0.3, 0.4) is 0 Å². The van der Waals surface area contributed by atoms with Crippen LogP contribution in [0.25, 0.3) is 21.5 Å². The highest BCUT2D eigenvalue weighted by molar-refractivity contribution is 6.72. The zero-order valence-electron chi connectivity index (χ0n) is 11.9. The van der Waals surface area contributed by atoms with Gasteiger partial charge in [-0.15, -0.1) is 0 Å². The van der Waals surface area contributed by atoms with Crippen LogP contribution in [0.4, 0.5) is 11.4 Å². The molecule has 2 radical (unpaired) electrons. The molecule has 0 fully saturated rings. The highest BCUT2D eigenvalue weighted by Gasteiger charge is 2.17. The third-order valence-corrected chi connectivity index (χ3v) is 5.68. The molecule has 1 heterocycles. The van der Waals surface area contributed by atoms with Gasteiger partial charge in [0.05, 0.1) is 0 Å². The summed E-state index contributed by atoms with van der Waals surface area (Å²) in [5.74, 6) is 0. The summed E-state index contributed by atoms with van der Waals surface area (Å²) >= 11 is 0. The van der Waals surface area contributed by atoms with Crippen molar-refractivity contribution < 1.29 is 0 Å². The molecule has 0 unspecified atom stereocenters. The Morgan fingerprint density at radius 3 is 1.41 bits per heavy atom. The number of benzene rings is 4. The van der Waals surface area contributed by atoms with E-state index in [1.165, 1.54) is 43.3 Å². The Hall–Kier alpha value is -2.58. The van der Waals surface area contributed by atoms with Crippen molar-refractivity contribution in [2.75, 3.05) is 5.32 Å². The van der Waals surface area contributed by atoms with Crippen molar-refractivity contribution >= 4 is 52.8 Å². The second-order valence-electron chi connectivity index (χ2n) is 5.74. The summed E-state index contributed by atoms with van der Waals surface area (Å²) in [6.07, 6.45) is 0. The predicted octanol–water partition coefficient (Wildman–Crippen LogP) is 3.71. The van der Waals surface area contributed by atoms with E-state index in [0.29, 0.717) is 9.52 Å². The zero-order chi connectivity index (χ0) is 14.5. The van der Waals surface area contributed by atoms with E-state index in [-0.39, 0.29) is 0 Å². The summed E-state index contributed by atoms with van der Waals surface area (Å²) in [7, 11) is 0.708. The predicted molar refractivity (Wildman–Crippen MR) is 96.2 cm³/mol. The van der Waals surface area contributed by atoms with Crippen LogP contribution in [0.5, 0.6) is 0 Å². The standard InChI is InChI=1S/C20H13NSi/c1-3-7-15-11-19-17(9-13(15)5-1)21-18-10-14-6-2-4-8-16(14)12-20(18)22-19/h1-12,21H. The lowest BCUT2D eigenvalue weighted by molar-refractivity contribution is 1.61. The molecule has 1 aliphatic rings. The summed E-state index contributed by atoms with van der Waals surface area (Å²) in [5.41, 5.74) is 2.50. The van der Waals surface area contributed by atoms with Gasteiger partial charge >= 0.3 is 0 Å². The van der Waals surface area contributed by atoms with Crippen molar-refractivity contribution in [3.05, 3.63) is 72.8 Å². The molecular formula is C20H13NSi. The lowest BCUT2D eigenvalue weighted by Crippen LogP contribution is -2.35. The van der Waals surface area contributed by atoms with Gasteiger partial charge in [-0.1, -0.05) is 60.7 Å². The molecule has 1 N–H and O–H groups in total.